The Morgan fingerprint density at radius 1 is 1.03 bits per heavy atom. The first kappa shape index (κ1) is 25.7. The van der Waals surface area contributed by atoms with Gasteiger partial charge in [-0.15, -0.1) is 0 Å². The Kier molecular flexibility index (Phi) is 7.83. The molecule has 2 aromatic rings. The van der Waals surface area contributed by atoms with Gasteiger partial charge < -0.3 is 14.9 Å². The molecule has 0 aromatic heterocycles. The number of anilines is 1. The number of hydrogen-bond donors (Lipinski definition) is 1. The van der Waals surface area contributed by atoms with Gasteiger partial charge in [0.15, 0.2) is 0 Å². The van der Waals surface area contributed by atoms with Gasteiger partial charge in [-0.2, -0.15) is 0 Å². The normalized spacial score (nSPS) is 21.1. The van der Waals surface area contributed by atoms with Crippen LogP contribution in [0.2, 0.25) is 5.02 Å². The monoisotopic (exact) mass is 527 g/mol. The molecule has 0 radical (unpaired) electrons. The van der Waals surface area contributed by atoms with E-state index in [1.165, 1.54) is 24.3 Å². The summed E-state index contributed by atoms with van der Waals surface area (Å²) in [5.41, 5.74) is -0.405. The van der Waals surface area contributed by atoms with Crippen LogP contribution in [0.25, 0.3) is 0 Å². The average Bonchev–Trinajstić information content (AvgIpc) is 2.86. The second kappa shape index (κ2) is 10.7. The van der Waals surface area contributed by atoms with Crippen molar-refractivity contribution in [1.82, 2.24) is 9.80 Å². The van der Waals surface area contributed by atoms with Gasteiger partial charge in [0.25, 0.3) is 10.0 Å². The first-order chi connectivity index (χ1) is 16.7. The van der Waals surface area contributed by atoms with Crippen LogP contribution in [0.3, 0.4) is 0 Å². The number of benzene rings is 2. The van der Waals surface area contributed by atoms with Crippen molar-refractivity contribution in [2.75, 3.05) is 37.1 Å². The Morgan fingerprint density at radius 2 is 1.69 bits per heavy atom. The van der Waals surface area contributed by atoms with Gasteiger partial charge >= 0.3 is 6.03 Å². The number of aliphatic hydroxyl groups excluding tert-OH is 1. The molecule has 2 unspecified atom stereocenters. The van der Waals surface area contributed by atoms with Gasteiger partial charge in [0.05, 0.1) is 16.6 Å². The smallest absolute Gasteiger partial charge is 0.320 e. The van der Waals surface area contributed by atoms with E-state index in [0.29, 0.717) is 37.5 Å². The van der Waals surface area contributed by atoms with E-state index in [1.807, 2.05) is 0 Å². The van der Waals surface area contributed by atoms with Crippen molar-refractivity contribution in [3.05, 3.63) is 59.1 Å². The zero-order valence-electron chi connectivity index (χ0n) is 19.1. The molecule has 190 valence electrons. The minimum atomic E-state index is -4.31. The van der Waals surface area contributed by atoms with Crippen molar-refractivity contribution in [3.63, 3.8) is 0 Å². The van der Waals surface area contributed by atoms with Crippen molar-refractivity contribution >= 4 is 33.3 Å². The molecule has 35 heavy (non-hydrogen) atoms. The summed E-state index contributed by atoms with van der Waals surface area (Å²) in [5.74, 6) is -1.64. The number of carbonyl (C=O) groups excluding carboxylic acids is 1. The molecule has 0 aliphatic carbocycles. The highest BCUT2D eigenvalue weighted by Gasteiger charge is 2.38. The number of halogens is 3. The lowest BCUT2D eigenvalue weighted by atomic mass is 9.99. The molecule has 2 aromatic carbocycles. The number of hydrogen-bond acceptors (Lipinski definition) is 4. The number of piperidine rings is 2. The topological polar surface area (TPSA) is 81.2 Å². The highest BCUT2D eigenvalue weighted by atomic mass is 35.5. The van der Waals surface area contributed by atoms with Crippen molar-refractivity contribution in [3.8, 4) is 0 Å². The predicted molar refractivity (Wildman–Crippen MR) is 129 cm³/mol. The van der Waals surface area contributed by atoms with E-state index >= 15 is 0 Å². The molecule has 2 heterocycles. The summed E-state index contributed by atoms with van der Waals surface area (Å²) in [6.07, 6.45) is 2.48. The summed E-state index contributed by atoms with van der Waals surface area (Å²) in [5, 5.41) is 9.84. The molecule has 0 saturated carbocycles. The fourth-order valence-electron chi connectivity index (χ4n) is 4.80. The van der Waals surface area contributed by atoms with Gasteiger partial charge in [0.2, 0.25) is 0 Å². The predicted octanol–water partition coefficient (Wildman–Crippen LogP) is 4.10. The summed E-state index contributed by atoms with van der Waals surface area (Å²) in [4.78, 5) is 16.4. The Morgan fingerprint density at radius 3 is 2.37 bits per heavy atom. The van der Waals surface area contributed by atoms with E-state index < -0.39 is 33.4 Å². The molecule has 2 fully saturated rings. The lowest BCUT2D eigenvalue weighted by Gasteiger charge is -2.42. The fraction of sp³-hybridized carbons (Fsp3) is 0.458. The van der Waals surface area contributed by atoms with E-state index in [4.69, 9.17) is 11.6 Å². The Hall–Kier alpha value is -2.43. The number of aliphatic hydroxyl groups is 1. The summed E-state index contributed by atoms with van der Waals surface area (Å²) >= 11 is 5.92. The highest BCUT2D eigenvalue weighted by molar-refractivity contribution is 7.92. The fourth-order valence-corrected chi connectivity index (χ4v) is 6.60. The number of nitrogens with zero attached hydrogens (tertiary/aromatic N) is 3. The van der Waals surface area contributed by atoms with Crippen LogP contribution in [0.15, 0.2) is 47.4 Å². The SMILES string of the molecule is O=C(N1CCCC(CO)C1)N1CCCC(N(c2cc(F)ccc2F)S(=O)(=O)c2ccc(Cl)cc2)C1. The maximum atomic E-state index is 14.9. The van der Waals surface area contributed by atoms with Crippen LogP contribution in [0.4, 0.5) is 19.3 Å². The van der Waals surface area contributed by atoms with E-state index in [1.54, 1.807) is 9.80 Å². The molecule has 0 spiro atoms. The Bertz CT molecular complexity index is 1170. The first-order valence-electron chi connectivity index (χ1n) is 11.6. The first-order valence-corrected chi connectivity index (χ1v) is 13.4. The van der Waals surface area contributed by atoms with Crippen LogP contribution in [0.1, 0.15) is 25.7 Å². The maximum absolute atomic E-state index is 14.9. The number of likely N-dealkylation sites (tertiary alicyclic amines) is 2. The van der Waals surface area contributed by atoms with Crippen LogP contribution in [0, 0.1) is 17.6 Å². The molecule has 2 atom stereocenters. The van der Waals surface area contributed by atoms with Gasteiger partial charge in [0, 0.05) is 43.9 Å². The molecule has 2 amide bonds. The third-order valence-corrected chi connectivity index (χ3v) is 8.70. The quantitative estimate of drug-likeness (QED) is 0.635. The summed E-state index contributed by atoms with van der Waals surface area (Å²) in [6.45, 7) is 1.44. The van der Waals surface area contributed by atoms with Crippen LogP contribution >= 0.6 is 11.6 Å². The molecule has 7 nitrogen and oxygen atoms in total. The van der Waals surface area contributed by atoms with E-state index in [2.05, 4.69) is 0 Å². The zero-order valence-corrected chi connectivity index (χ0v) is 20.7. The second-order valence-corrected chi connectivity index (χ2v) is 11.3. The van der Waals surface area contributed by atoms with Crippen LogP contribution in [-0.2, 0) is 10.0 Å². The van der Waals surface area contributed by atoms with Crippen molar-refractivity contribution in [2.24, 2.45) is 5.92 Å². The number of rotatable bonds is 5. The minimum Gasteiger partial charge on any atom is -0.396 e. The van der Waals surface area contributed by atoms with Gasteiger partial charge in [-0.3, -0.25) is 4.31 Å². The molecular formula is C24H28ClF2N3O4S. The third kappa shape index (κ3) is 5.54. The minimum absolute atomic E-state index is 0.00162. The highest BCUT2D eigenvalue weighted by Crippen LogP contribution is 2.33. The van der Waals surface area contributed by atoms with Crippen molar-refractivity contribution in [1.29, 1.82) is 0 Å². The van der Waals surface area contributed by atoms with E-state index in [0.717, 1.165) is 35.3 Å². The summed E-state index contributed by atoms with van der Waals surface area (Å²) < 4.78 is 57.4. The number of amides is 2. The van der Waals surface area contributed by atoms with Crippen LogP contribution < -0.4 is 4.31 Å². The summed E-state index contributed by atoms with van der Waals surface area (Å²) in [6, 6.07) is 7.10. The molecule has 2 aliphatic rings. The molecular weight excluding hydrogens is 500 g/mol. The zero-order chi connectivity index (χ0) is 25.2. The molecule has 2 saturated heterocycles. The van der Waals surface area contributed by atoms with E-state index in [-0.39, 0.29) is 30.0 Å². The summed E-state index contributed by atoms with van der Waals surface area (Å²) in [7, 11) is -4.31. The number of carbonyl (C=O) groups is 1. The second-order valence-electron chi connectivity index (χ2n) is 9.01. The molecule has 0 bridgehead atoms. The van der Waals surface area contributed by atoms with Crippen molar-refractivity contribution in [2.45, 2.75) is 36.6 Å². The molecule has 11 heteroatoms. The van der Waals surface area contributed by atoms with Crippen LogP contribution in [-0.4, -0.2) is 68.2 Å². The van der Waals surface area contributed by atoms with Gasteiger partial charge in [0.1, 0.15) is 11.6 Å². The van der Waals surface area contributed by atoms with Gasteiger partial charge in [-0.1, -0.05) is 11.6 Å². The van der Waals surface area contributed by atoms with Gasteiger partial charge in [-0.25, -0.2) is 22.0 Å². The largest absolute Gasteiger partial charge is 0.396 e. The lowest BCUT2D eigenvalue weighted by molar-refractivity contribution is 0.0997. The molecule has 2 aliphatic heterocycles. The molecule has 1 N–H and O–H groups in total. The maximum Gasteiger partial charge on any atom is 0.320 e. The van der Waals surface area contributed by atoms with Crippen LogP contribution in [0.5, 0.6) is 0 Å². The number of urea groups is 1. The van der Waals surface area contributed by atoms with Crippen molar-refractivity contribution < 1.29 is 27.1 Å². The van der Waals surface area contributed by atoms with E-state index in [9.17, 15) is 27.1 Å². The molecule has 4 rings (SSSR count). The average molecular weight is 528 g/mol. The van der Waals surface area contributed by atoms with Gasteiger partial charge in [-0.05, 0) is 68.0 Å². The standard InChI is InChI=1S/C24H28ClF2N3O4S/c25-18-5-8-21(9-6-18)35(33,34)30(23-13-19(26)7-10-22(23)27)20-4-2-12-29(15-20)24(32)28-11-1-3-17(14-28)16-31/h5-10,13,17,20,31H,1-4,11-12,14-16H2. The third-order valence-electron chi connectivity index (χ3n) is 6.56. The Balaban J connectivity index is 1.67. The lowest BCUT2D eigenvalue weighted by Crippen LogP contribution is -2.56. The Labute approximate surface area is 208 Å². The number of sulfonamides is 1.